The van der Waals surface area contributed by atoms with Crippen LogP contribution < -0.4 is 55.6 Å². The fourth-order valence-corrected chi connectivity index (χ4v) is 15.2. The maximum atomic E-state index is 11.6. The van der Waals surface area contributed by atoms with Gasteiger partial charge in [-0.05, 0) is 192 Å². The minimum Gasteiger partial charge on any atom is -1.00 e. The van der Waals surface area contributed by atoms with Crippen molar-refractivity contribution >= 4 is 113 Å². The van der Waals surface area contributed by atoms with E-state index in [0.29, 0.717) is 27.6 Å². The molecule has 0 saturated carbocycles. The molecule has 6 aliphatic carbocycles. The molecule has 10 aromatic heterocycles. The van der Waals surface area contributed by atoms with E-state index in [1.54, 1.807) is 32.9 Å². The zero-order chi connectivity index (χ0) is 73.7. The Balaban J connectivity index is 0.000000169. The van der Waals surface area contributed by atoms with E-state index < -0.39 is 45.7 Å². The predicted molar refractivity (Wildman–Crippen MR) is 392 cm³/mol. The number of nitrogens with zero attached hydrogens (tertiary/aromatic N) is 14. The van der Waals surface area contributed by atoms with Crippen LogP contribution in [0.15, 0.2) is 106 Å². The molecule has 10 aromatic rings. The average Bonchev–Trinajstić information content (AvgIpc) is 1.61. The Morgan fingerprint density at radius 3 is 1.41 bits per heavy atom. The van der Waals surface area contributed by atoms with Gasteiger partial charge in [-0.1, -0.05) is 35.0 Å². The maximum Gasteiger partial charge on any atom is 0.413 e. The minimum absolute atomic E-state index is 0. The van der Waals surface area contributed by atoms with E-state index in [0.717, 1.165) is 122 Å². The molecule has 10 heterocycles. The number of hydrogen-bond acceptors (Lipinski definition) is 26. The quantitative estimate of drug-likeness (QED) is 0.0207. The van der Waals surface area contributed by atoms with Crippen molar-refractivity contribution in [2.24, 2.45) is 5.90 Å². The Kier molecular flexibility index (Phi) is 29.4. The van der Waals surface area contributed by atoms with Gasteiger partial charge in [0.2, 0.25) is 15.5 Å². The highest BCUT2D eigenvalue weighted by Crippen LogP contribution is 2.38. The third kappa shape index (κ3) is 19.3. The Morgan fingerprint density at radius 1 is 0.567 bits per heavy atom. The molecule has 0 atom stereocenters. The molecular weight excluding hydrogens is 1590 g/mol. The lowest BCUT2D eigenvalue weighted by Crippen LogP contribution is -3.00. The maximum absolute atomic E-state index is 11.6. The summed E-state index contributed by atoms with van der Waals surface area (Å²) < 4.78 is 71.4. The van der Waals surface area contributed by atoms with Crippen molar-refractivity contribution in [2.45, 2.75) is 126 Å². The number of nitrogens with two attached hydrogens (primary N) is 3. The number of aryl methyl sites for hydroxylation is 11. The van der Waals surface area contributed by atoms with E-state index in [4.69, 9.17) is 25.6 Å². The molecule has 0 spiro atoms. The second-order valence-electron chi connectivity index (χ2n) is 23.5. The molecule has 0 fully saturated rings. The van der Waals surface area contributed by atoms with E-state index in [1.165, 1.54) is 130 Å². The van der Waals surface area contributed by atoms with Gasteiger partial charge in [-0.25, -0.2) is 32.3 Å². The first-order chi connectivity index (χ1) is 48.7. The average molecular weight is 1660 g/mol. The van der Waals surface area contributed by atoms with E-state index in [9.17, 15) is 57.3 Å². The summed E-state index contributed by atoms with van der Waals surface area (Å²) in [5.41, 5.74) is 23.3. The number of rotatable bonds is 11. The second kappa shape index (κ2) is 36.9. The zero-order valence-corrected chi connectivity index (χ0v) is 64.3. The van der Waals surface area contributed by atoms with Crippen LogP contribution in [0.25, 0.3) is 22.1 Å². The summed E-state index contributed by atoms with van der Waals surface area (Å²) in [5, 5.41) is 60.0. The van der Waals surface area contributed by atoms with E-state index >= 15 is 0 Å². The summed E-state index contributed by atoms with van der Waals surface area (Å²) in [6.07, 6.45) is 30.7. The molecule has 16 rings (SSSR count). The summed E-state index contributed by atoms with van der Waals surface area (Å²) in [6, 6.07) is 23.4. The molecule has 0 saturated heterocycles. The topological polar surface area (TPSA) is 453 Å². The highest BCUT2D eigenvalue weighted by molar-refractivity contribution is 8.21. The number of halogens is 2. The third-order valence-electron chi connectivity index (χ3n) is 17.4. The van der Waals surface area contributed by atoms with Gasteiger partial charge in [-0.2, -0.15) is 23.7 Å². The monoisotopic (exact) mass is 1660 g/mol. The highest BCUT2D eigenvalue weighted by atomic mass is 127. The second-order valence-corrected chi connectivity index (χ2v) is 29.3. The van der Waals surface area contributed by atoms with Gasteiger partial charge in [0.25, 0.3) is 17.1 Å². The molecule has 104 heavy (non-hydrogen) atoms. The molecule has 33 nitrogen and oxygen atoms in total. The molecule has 7 N–H and O–H groups in total. The number of fused-ring (bicyclic) bond motifs is 14. The molecule has 558 valence electrons. The van der Waals surface area contributed by atoms with Crippen LogP contribution >= 0.6 is 47.7 Å². The van der Waals surface area contributed by atoms with E-state index in [-0.39, 0.29) is 64.1 Å². The number of aromatic nitrogens is 10. The Bertz CT molecular complexity index is 4960. The number of nitrogen functional groups attached to an aromatic ring is 2. The number of nitro groups is 4. The Morgan fingerprint density at radius 2 is 0.981 bits per heavy atom. The number of methoxy groups -OCH3 is 2. The summed E-state index contributed by atoms with van der Waals surface area (Å²) in [6.45, 7) is 0. The zero-order valence-electron chi connectivity index (χ0n) is 57.3. The lowest BCUT2D eigenvalue weighted by atomic mass is 10.2. The van der Waals surface area contributed by atoms with Crippen LogP contribution in [-0.2, 0) is 102 Å². The molecule has 0 unspecified atom stereocenters. The van der Waals surface area contributed by atoms with Crippen LogP contribution in [0.5, 0.6) is 11.8 Å². The van der Waals surface area contributed by atoms with E-state index in [2.05, 4.69) is 53.8 Å². The number of pyridine rings is 6. The van der Waals surface area contributed by atoms with Gasteiger partial charge in [-0.3, -0.25) is 50.0 Å². The van der Waals surface area contributed by atoms with Crippen molar-refractivity contribution in [3.63, 3.8) is 0 Å². The standard InChI is InChI=1S/C11H11N3O4S.C11H11N3O3.C11H11N3O2S.C11H13N3O.C8H11N2.C8H9N.C4H7NO2S2.ClH.HI.H3NO4S/c1-19(17,18)11-10(14(15)16)9-6-5-7-3-2-4-8(7)13(9)12-11;2*1-17-11-10(14(15)16)9-6-5-7-3-2-4-8(7)13(9)12-11;1-15-11-10(12)9-6-5-7-3-2-4-8(7)14(9)13-11;9-10-6-2-4-7-3-1-5-8(7)10;1-3-7-4-2-6-9-8(7)5-1;1-8-4(9-2)3-5(6)7;;;1-5-6(2,3)4/h5-6H,2-4H2,1H3;2*5-6H,2-4H2,1H3;5-6H,2-4,12H2,1H3;2,4,6H,1,3,5,9H2;2,4,6H,1,3,5H2;3H,1-2H3;2*1H;1H2,(H,2,3,4)/q;;;;+1;;;;;/p-1. The van der Waals surface area contributed by atoms with Crippen molar-refractivity contribution in [2.75, 3.05) is 50.8 Å². The molecular formula is C64H77ClIN17O16S5. The highest BCUT2D eigenvalue weighted by Gasteiger charge is 2.33. The number of ether oxygens (including phenoxy) is 2. The molecule has 0 aromatic carbocycles. The van der Waals surface area contributed by atoms with Gasteiger partial charge in [0.05, 0.1) is 39.4 Å². The van der Waals surface area contributed by atoms with Crippen molar-refractivity contribution in [1.29, 1.82) is 0 Å². The summed E-state index contributed by atoms with van der Waals surface area (Å²) in [5.74, 6) is 10.3. The lowest BCUT2D eigenvalue weighted by molar-refractivity contribution is -0.646. The molecule has 0 radical (unpaired) electrons. The lowest BCUT2D eigenvalue weighted by Gasteiger charge is -2.01. The van der Waals surface area contributed by atoms with Gasteiger partial charge < -0.3 is 39.2 Å². The largest absolute Gasteiger partial charge is 1.00 e. The first-order valence-electron chi connectivity index (χ1n) is 31.9. The summed E-state index contributed by atoms with van der Waals surface area (Å²) >= 11 is 4.08. The van der Waals surface area contributed by atoms with Crippen LogP contribution in [0.4, 0.5) is 22.7 Å². The summed E-state index contributed by atoms with van der Waals surface area (Å²) in [4.78, 5) is 45.4. The molecule has 0 bridgehead atoms. The van der Waals surface area contributed by atoms with Crippen molar-refractivity contribution in [3.8, 4) is 11.8 Å². The van der Waals surface area contributed by atoms with Crippen molar-refractivity contribution in [3.05, 3.63) is 204 Å². The molecule has 40 heteroatoms. The number of anilines is 1. The Hall–Kier alpha value is -8.55. The molecule has 0 aliphatic heterocycles. The van der Waals surface area contributed by atoms with Crippen molar-refractivity contribution < 1.29 is 83.5 Å². The van der Waals surface area contributed by atoms with Crippen LogP contribution in [0.2, 0.25) is 0 Å². The first kappa shape index (κ1) is 82.7. The number of hydrogen-bond donors (Lipinski definition) is 4. The number of thioether (sulfide) groups is 3. The third-order valence-corrected chi connectivity index (χ3v) is 21.3. The fourth-order valence-electron chi connectivity index (χ4n) is 12.9. The van der Waals surface area contributed by atoms with Gasteiger partial charge >= 0.3 is 33.3 Å². The van der Waals surface area contributed by atoms with Gasteiger partial charge in [0, 0.05) is 59.0 Å². The Labute approximate surface area is 632 Å². The van der Waals surface area contributed by atoms with Crippen LogP contribution in [0, 0.1) is 40.5 Å². The van der Waals surface area contributed by atoms with Gasteiger partial charge in [0.1, 0.15) is 26.5 Å². The van der Waals surface area contributed by atoms with Crippen molar-refractivity contribution in [1.82, 2.24) is 43.4 Å². The smallest absolute Gasteiger partial charge is 0.413 e. The van der Waals surface area contributed by atoms with Crippen LogP contribution in [0.1, 0.15) is 106 Å². The first-order valence-corrected chi connectivity index (χ1v) is 38.8. The van der Waals surface area contributed by atoms with E-state index in [1.807, 2.05) is 78.1 Å². The fraction of sp³-hybridized carbons (Fsp3) is 0.375. The van der Waals surface area contributed by atoms with Gasteiger partial charge in [0.15, 0.2) is 11.2 Å². The SMILES string of the molecule is COc1nn2c3c(ccc2c1N)CCC3.COc1nn2c3c(ccc2c1[N+](=O)[O-])CCC3.CS(=O)(=O)c1nn2c3c(ccc2c1[N+](=O)[O-])CCC3.CSC(=C[N+](=O)[O-])SC.CSc1nn2c3c(ccc2c1[N+](=O)[O-])CCC3.Cl.NOS(=O)(=O)O.N[n+]1cccc2c1CCC2.[I-].c1cnc2c(c1)CCC2. The minimum atomic E-state index is -4.38. The van der Waals surface area contributed by atoms with Crippen LogP contribution in [0.3, 0.4) is 0 Å². The van der Waals surface area contributed by atoms with Crippen LogP contribution in [-0.4, -0.2) is 124 Å². The normalized spacial score (nSPS) is 13.6. The molecule has 6 aliphatic rings. The number of sulfone groups is 1. The predicted octanol–water partition coefficient (Wildman–Crippen LogP) is 6.38. The summed E-state index contributed by atoms with van der Waals surface area (Å²) in [7, 11) is -5.12. The van der Waals surface area contributed by atoms with Gasteiger partial charge in [-0.15, -0.1) is 63.0 Å². The molecule has 0 amide bonds.